The lowest BCUT2D eigenvalue weighted by Gasteiger charge is -2.14. The number of nitrogens with zero attached hydrogens (tertiary/aromatic N) is 4. The van der Waals surface area contributed by atoms with Gasteiger partial charge in [-0.1, -0.05) is 540 Å². The van der Waals surface area contributed by atoms with Crippen molar-refractivity contribution in [3.8, 4) is 44.5 Å². The lowest BCUT2D eigenvalue weighted by atomic mass is 10.0. The minimum absolute atomic E-state index is 0.909. The summed E-state index contributed by atoms with van der Waals surface area (Å²) in [6.07, 6.45) is 8.40. The van der Waals surface area contributed by atoms with Gasteiger partial charge in [-0.3, -0.25) is 0 Å². The van der Waals surface area contributed by atoms with Crippen molar-refractivity contribution < 1.29 is 0 Å². The van der Waals surface area contributed by atoms with Crippen LogP contribution in [0.3, 0.4) is 0 Å². The van der Waals surface area contributed by atoms with Crippen molar-refractivity contribution in [2.75, 3.05) is 0 Å². The van der Waals surface area contributed by atoms with Gasteiger partial charge in [0.25, 0.3) is 0 Å². The molecule has 0 amide bonds. The van der Waals surface area contributed by atoms with Crippen LogP contribution in [-0.4, -0.2) is 18.3 Å². The Morgan fingerprint density at radius 1 is 0.162 bits per heavy atom. The number of aryl methyl sites for hydroxylation is 4. The van der Waals surface area contributed by atoms with Crippen molar-refractivity contribution in [2.45, 2.75) is 327 Å². The molecule has 20 aromatic rings. The first kappa shape index (κ1) is 125. The lowest BCUT2D eigenvalue weighted by molar-refractivity contribution is 0.852. The molecule has 4 heterocycles. The number of hydrogen-bond acceptors (Lipinski definition) is 0. The maximum Gasteiger partial charge on any atom is 0.0526 e. The molecular weight excluding hydrogens is 1790 g/mol. The highest BCUT2D eigenvalue weighted by atomic mass is 15.0. The standard InChI is InChI=1S/4C28H23N.16C2H6/c1-2-19-10-8-16-27-28(19)24-13-5-6-15-26(24)29(27)18-21-11-7-14-23-22-12-4-3-9-20(22)17-25(21)23;1-2-19-10-7-15-25-24-13-5-6-16-27(24)29(28(19)25)18-21-11-8-14-23-22-12-4-3-9-20(22)17-26(21)23;1-2-19-14-15-28-26(16-19)24-11-5-6-13-27(24)29(28)18-21-9-7-12-23-22-10-4-3-8-20(22)17-25(21)23;1-2-19-14-15-25-24-11-5-6-13-27(24)29(28(25)16-19)18-21-9-7-12-23-22-10-4-3-8-20(22)17-26(21)23;16*1-2/h4*3-16H,2,17-18H2,1H3;16*1-2H3. The van der Waals surface area contributed by atoms with Crippen LogP contribution < -0.4 is 0 Å². The Morgan fingerprint density at radius 3 is 0.770 bits per heavy atom. The molecule has 148 heavy (non-hydrogen) atoms. The molecule has 16 aromatic carbocycles. The Bertz CT molecular complexity index is 7160. The second-order valence-electron chi connectivity index (χ2n) is 32.3. The Morgan fingerprint density at radius 2 is 0.399 bits per heavy atom. The van der Waals surface area contributed by atoms with E-state index in [2.05, 4.69) is 386 Å². The predicted molar refractivity (Wildman–Crippen MR) is 672 cm³/mol. The topological polar surface area (TPSA) is 19.7 Å². The second kappa shape index (κ2) is 67.6. The van der Waals surface area contributed by atoms with Crippen LogP contribution in [-0.2, 0) is 77.5 Å². The van der Waals surface area contributed by atoms with Crippen molar-refractivity contribution in [3.63, 3.8) is 0 Å². The highest BCUT2D eigenvalue weighted by molar-refractivity contribution is 6.12. The van der Waals surface area contributed by atoms with Crippen LogP contribution in [0, 0.1) is 0 Å². The zero-order valence-corrected chi connectivity index (χ0v) is 98.6. The van der Waals surface area contributed by atoms with Gasteiger partial charge < -0.3 is 18.3 Å². The van der Waals surface area contributed by atoms with Gasteiger partial charge in [-0.15, -0.1) is 0 Å². The summed E-state index contributed by atoms with van der Waals surface area (Å²) in [5.74, 6) is 0. The molecule has 0 aliphatic heterocycles. The van der Waals surface area contributed by atoms with E-state index in [0.29, 0.717) is 0 Å². The average molecular weight is 1980 g/mol. The van der Waals surface area contributed by atoms with Crippen molar-refractivity contribution in [1.82, 2.24) is 18.3 Å². The maximum absolute atomic E-state index is 2.54. The molecule has 4 nitrogen and oxygen atoms in total. The van der Waals surface area contributed by atoms with Gasteiger partial charge in [-0.2, -0.15) is 0 Å². The summed E-state index contributed by atoms with van der Waals surface area (Å²) >= 11 is 0. The molecule has 4 aliphatic rings. The van der Waals surface area contributed by atoms with Gasteiger partial charge >= 0.3 is 0 Å². The zero-order valence-electron chi connectivity index (χ0n) is 98.6. The predicted octanol–water partition coefficient (Wildman–Crippen LogP) is 44.3. The third-order valence-electron chi connectivity index (χ3n) is 26.1. The van der Waals surface area contributed by atoms with E-state index >= 15 is 0 Å². The van der Waals surface area contributed by atoms with Gasteiger partial charge in [-0.25, -0.2) is 0 Å². The van der Waals surface area contributed by atoms with Gasteiger partial charge in [0, 0.05) is 108 Å². The average Bonchev–Trinajstić information content (AvgIpc) is 1.58. The molecule has 0 saturated heterocycles. The minimum Gasteiger partial charge on any atom is -0.336 e. The van der Waals surface area contributed by atoms with Crippen LogP contribution in [0.5, 0.6) is 0 Å². The number of hydrogen-bond donors (Lipinski definition) is 0. The largest absolute Gasteiger partial charge is 0.336 e. The molecule has 0 bridgehead atoms. The van der Waals surface area contributed by atoms with Crippen LogP contribution in [0.4, 0.5) is 0 Å². The van der Waals surface area contributed by atoms with E-state index in [9.17, 15) is 0 Å². The van der Waals surface area contributed by atoms with E-state index in [1.54, 1.807) is 0 Å². The first-order valence-corrected chi connectivity index (χ1v) is 58.1. The molecular formula is C144H188N4. The van der Waals surface area contributed by atoms with Gasteiger partial charge in [0.1, 0.15) is 0 Å². The molecule has 0 saturated carbocycles. The molecule has 4 aliphatic carbocycles. The highest BCUT2D eigenvalue weighted by Gasteiger charge is 2.28. The van der Waals surface area contributed by atoms with Crippen LogP contribution >= 0.6 is 0 Å². The fourth-order valence-electron chi connectivity index (χ4n) is 20.4. The Labute approximate surface area is 899 Å². The lowest BCUT2D eigenvalue weighted by Crippen LogP contribution is -2.04. The Balaban J connectivity index is 0.000000317. The van der Waals surface area contributed by atoms with Crippen LogP contribution in [0.2, 0.25) is 0 Å². The summed E-state index contributed by atoms with van der Waals surface area (Å²) in [4.78, 5) is 0. The summed E-state index contributed by atoms with van der Waals surface area (Å²) in [5.41, 5.74) is 45.1. The first-order valence-electron chi connectivity index (χ1n) is 58.1. The molecule has 4 heteroatoms. The maximum atomic E-state index is 2.54. The van der Waals surface area contributed by atoms with Gasteiger partial charge in [0.2, 0.25) is 0 Å². The summed E-state index contributed by atoms with van der Waals surface area (Å²) in [5, 5.41) is 10.9. The first-order chi connectivity index (χ1) is 73.4. The number of para-hydroxylation sites is 5. The van der Waals surface area contributed by atoms with Crippen LogP contribution in [0.1, 0.15) is 338 Å². The van der Waals surface area contributed by atoms with E-state index in [1.165, 1.54) is 221 Å². The summed E-state index contributed by atoms with van der Waals surface area (Å²) in [6.45, 7) is 76.6. The molecule has 4 aromatic heterocycles. The van der Waals surface area contributed by atoms with Gasteiger partial charge in [0.05, 0.1) is 5.52 Å². The van der Waals surface area contributed by atoms with E-state index in [1.807, 2.05) is 222 Å². The monoisotopic (exact) mass is 1970 g/mol. The molecule has 0 unspecified atom stereocenters. The molecule has 0 atom stereocenters. The molecule has 784 valence electrons. The zero-order chi connectivity index (χ0) is 109. The number of aromatic nitrogens is 4. The second-order valence-corrected chi connectivity index (χ2v) is 32.3. The Kier molecular flexibility index (Phi) is 57.1. The quantitative estimate of drug-likeness (QED) is 0.116. The fourth-order valence-corrected chi connectivity index (χ4v) is 20.4. The molecule has 0 spiro atoms. The number of rotatable bonds is 12. The molecule has 0 N–H and O–H groups in total. The third-order valence-corrected chi connectivity index (χ3v) is 26.1. The van der Waals surface area contributed by atoms with Crippen molar-refractivity contribution in [3.05, 3.63) is 429 Å². The normalized spacial score (nSPS) is 10.4. The SMILES string of the molecule is CC.CC.CC.CC.CC.CC.CC.CC.CC.CC.CC.CC.CC.CC.CC.CC.CCc1ccc2c(c1)c1ccccc1n2Cc1cccc2c1Cc1ccccc1-2.CCc1ccc2c3ccccc3n(Cc3cccc4c3Cc3ccccc3-4)c2c1.CCc1cccc2c1c1ccccc1n2Cc1cccc2c1Cc1ccccc1-2.CCc1cccc2c3ccccc3n(Cc3cccc4c3Cc3ccccc3-4)c12. The van der Waals surface area contributed by atoms with Gasteiger partial charge in [-0.05, 0) is 233 Å². The highest BCUT2D eigenvalue weighted by Crippen LogP contribution is 2.46. The van der Waals surface area contributed by atoms with E-state index in [4.69, 9.17) is 0 Å². The summed E-state index contributed by atoms with van der Waals surface area (Å²) < 4.78 is 10.1. The van der Waals surface area contributed by atoms with E-state index in [0.717, 1.165) is 77.5 Å². The van der Waals surface area contributed by atoms with E-state index in [-0.39, 0.29) is 0 Å². The van der Waals surface area contributed by atoms with Gasteiger partial charge in [0.15, 0.2) is 0 Å². The Hall–Kier alpha value is -13.3. The summed E-state index contributed by atoms with van der Waals surface area (Å²) in [6, 6.07) is 125. The van der Waals surface area contributed by atoms with E-state index < -0.39 is 0 Å². The van der Waals surface area contributed by atoms with Crippen LogP contribution in [0.15, 0.2) is 340 Å². The summed E-state index contributed by atoms with van der Waals surface area (Å²) in [7, 11) is 0. The molecule has 0 radical (unpaired) electrons. The number of fused-ring (bicyclic) bond motifs is 24. The number of benzene rings is 16. The third kappa shape index (κ3) is 27.6. The van der Waals surface area contributed by atoms with Crippen molar-refractivity contribution in [2.24, 2.45) is 0 Å². The van der Waals surface area contributed by atoms with Crippen molar-refractivity contribution in [1.29, 1.82) is 0 Å². The fraction of sp³-hybridized carbons (Fsp3) is 0.333. The minimum atomic E-state index is 0.909. The van der Waals surface area contributed by atoms with Crippen molar-refractivity contribution >= 4 is 87.2 Å². The molecule has 0 fully saturated rings. The molecule has 24 rings (SSSR count). The smallest absolute Gasteiger partial charge is 0.0526 e. The van der Waals surface area contributed by atoms with Crippen LogP contribution in [0.25, 0.3) is 132 Å².